The van der Waals surface area contributed by atoms with E-state index >= 15 is 0 Å². The lowest BCUT2D eigenvalue weighted by molar-refractivity contribution is -0.114. The highest BCUT2D eigenvalue weighted by atomic mass is 16.5. The zero-order chi connectivity index (χ0) is 20.2. The molecule has 2 rings (SSSR count). The maximum Gasteiger partial charge on any atom is 0.251 e. The number of carbonyl (C=O) groups excluding carboxylic acids is 2. The van der Waals surface area contributed by atoms with Crippen molar-refractivity contribution in [2.24, 2.45) is 0 Å². The number of para-hydroxylation sites is 2. The summed E-state index contributed by atoms with van der Waals surface area (Å²) in [7, 11) is 0. The number of hydrogen-bond acceptors (Lipinski definition) is 4. The summed E-state index contributed by atoms with van der Waals surface area (Å²) in [5, 5.41) is 8.75. The predicted octanol–water partition coefficient (Wildman–Crippen LogP) is 4.06. The molecule has 28 heavy (non-hydrogen) atoms. The first-order chi connectivity index (χ1) is 13.6. The van der Waals surface area contributed by atoms with Crippen LogP contribution in [0.5, 0.6) is 5.75 Å². The fourth-order valence-electron chi connectivity index (χ4n) is 2.52. The average molecular weight is 383 g/mol. The van der Waals surface area contributed by atoms with E-state index in [1.807, 2.05) is 31.2 Å². The van der Waals surface area contributed by atoms with Crippen LogP contribution < -0.4 is 20.7 Å². The van der Waals surface area contributed by atoms with Crippen LogP contribution in [-0.2, 0) is 4.79 Å². The summed E-state index contributed by atoms with van der Waals surface area (Å²) < 4.78 is 5.76. The molecule has 0 atom stereocenters. The van der Waals surface area contributed by atoms with E-state index in [2.05, 4.69) is 22.9 Å². The van der Waals surface area contributed by atoms with Gasteiger partial charge < -0.3 is 20.7 Å². The fraction of sp³-hybridized carbons (Fsp3) is 0.364. The number of rotatable bonds is 11. The van der Waals surface area contributed by atoms with E-state index < -0.39 is 0 Å². The van der Waals surface area contributed by atoms with Gasteiger partial charge in [-0.15, -0.1) is 0 Å². The summed E-state index contributed by atoms with van der Waals surface area (Å²) in [5.41, 5.74) is 1.89. The first-order valence-corrected chi connectivity index (χ1v) is 9.77. The van der Waals surface area contributed by atoms with Crippen LogP contribution in [0.4, 0.5) is 11.4 Å². The topological polar surface area (TPSA) is 79.5 Å². The number of unbranched alkanes of at least 4 members (excludes halogenated alkanes) is 1. The maximum atomic E-state index is 12.3. The lowest BCUT2D eigenvalue weighted by Crippen LogP contribution is -2.25. The number of amides is 2. The number of anilines is 2. The fourth-order valence-corrected chi connectivity index (χ4v) is 2.52. The highest BCUT2D eigenvalue weighted by Crippen LogP contribution is 2.23. The Bertz CT molecular complexity index is 777. The molecular weight excluding hydrogens is 354 g/mol. The third-order valence-corrected chi connectivity index (χ3v) is 4.03. The van der Waals surface area contributed by atoms with Crippen LogP contribution in [0.25, 0.3) is 0 Å². The van der Waals surface area contributed by atoms with Gasteiger partial charge in [-0.3, -0.25) is 9.59 Å². The Morgan fingerprint density at radius 2 is 1.82 bits per heavy atom. The van der Waals surface area contributed by atoms with Crippen LogP contribution in [0.3, 0.4) is 0 Å². The van der Waals surface area contributed by atoms with Crippen LogP contribution in [0.1, 0.15) is 43.5 Å². The molecule has 0 radical (unpaired) electrons. The summed E-state index contributed by atoms with van der Waals surface area (Å²) in [6.07, 6.45) is 2.92. The lowest BCUT2D eigenvalue weighted by atomic mass is 10.2. The Morgan fingerprint density at radius 1 is 1.00 bits per heavy atom. The van der Waals surface area contributed by atoms with Crippen LogP contribution >= 0.6 is 0 Å². The molecule has 6 nitrogen and oxygen atoms in total. The van der Waals surface area contributed by atoms with Crippen molar-refractivity contribution in [3.05, 3.63) is 54.1 Å². The first-order valence-electron chi connectivity index (χ1n) is 9.77. The summed E-state index contributed by atoms with van der Waals surface area (Å²) in [6.45, 7) is 5.48. The normalized spacial score (nSPS) is 10.2. The summed E-state index contributed by atoms with van der Waals surface area (Å²) in [5.74, 6) is 0.391. The molecule has 150 valence electrons. The van der Waals surface area contributed by atoms with E-state index in [9.17, 15) is 9.59 Å². The van der Waals surface area contributed by atoms with Crippen LogP contribution in [0.15, 0.2) is 48.5 Å². The van der Waals surface area contributed by atoms with Gasteiger partial charge in [0.25, 0.3) is 5.91 Å². The lowest BCUT2D eigenvalue weighted by Gasteiger charge is -2.13. The van der Waals surface area contributed by atoms with Crippen LogP contribution in [-0.4, -0.2) is 31.5 Å². The standard InChI is InChI=1S/C22H29N3O3/c1-3-5-14-28-20-12-7-6-11-19(20)24-16-21(26)25-18-10-8-9-17(15-18)22(27)23-13-4-2/h6-12,15,24H,3-5,13-14,16H2,1-2H3,(H,23,27)(H,25,26). The molecule has 0 unspecified atom stereocenters. The van der Waals surface area contributed by atoms with Crippen molar-refractivity contribution in [3.63, 3.8) is 0 Å². The van der Waals surface area contributed by atoms with E-state index in [0.717, 1.165) is 30.7 Å². The van der Waals surface area contributed by atoms with Gasteiger partial charge in [0.05, 0.1) is 18.8 Å². The van der Waals surface area contributed by atoms with Gasteiger partial charge in [0, 0.05) is 17.8 Å². The molecule has 0 bridgehead atoms. The molecule has 0 saturated heterocycles. The van der Waals surface area contributed by atoms with E-state index in [0.29, 0.717) is 24.4 Å². The minimum Gasteiger partial charge on any atom is -0.491 e. The molecular formula is C22H29N3O3. The van der Waals surface area contributed by atoms with Gasteiger partial charge in [0.1, 0.15) is 5.75 Å². The van der Waals surface area contributed by atoms with E-state index in [4.69, 9.17) is 4.74 Å². The third kappa shape index (κ3) is 6.95. The minimum atomic E-state index is -0.200. The Morgan fingerprint density at radius 3 is 2.61 bits per heavy atom. The van der Waals surface area contributed by atoms with Crippen molar-refractivity contribution in [1.82, 2.24) is 5.32 Å². The Balaban J connectivity index is 1.90. The van der Waals surface area contributed by atoms with Gasteiger partial charge in [-0.05, 0) is 43.2 Å². The SMILES string of the molecule is CCCCOc1ccccc1NCC(=O)Nc1cccc(C(=O)NCCC)c1. The summed E-state index contributed by atoms with van der Waals surface area (Å²) in [6, 6.07) is 14.5. The molecule has 2 amide bonds. The summed E-state index contributed by atoms with van der Waals surface area (Å²) in [4.78, 5) is 24.3. The smallest absolute Gasteiger partial charge is 0.251 e. The number of carbonyl (C=O) groups is 2. The largest absolute Gasteiger partial charge is 0.491 e. The number of nitrogens with one attached hydrogen (secondary N) is 3. The number of benzene rings is 2. The zero-order valence-electron chi connectivity index (χ0n) is 16.6. The molecule has 2 aromatic rings. The van der Waals surface area contributed by atoms with Gasteiger partial charge in [0.2, 0.25) is 5.91 Å². The molecule has 6 heteroatoms. The van der Waals surface area contributed by atoms with E-state index in [1.54, 1.807) is 24.3 Å². The molecule has 0 spiro atoms. The first kappa shape index (κ1) is 21.3. The van der Waals surface area contributed by atoms with E-state index in [1.165, 1.54) is 0 Å². The van der Waals surface area contributed by atoms with Crippen molar-refractivity contribution >= 4 is 23.2 Å². The van der Waals surface area contributed by atoms with Crippen molar-refractivity contribution < 1.29 is 14.3 Å². The average Bonchev–Trinajstić information content (AvgIpc) is 2.71. The maximum absolute atomic E-state index is 12.3. The van der Waals surface area contributed by atoms with Gasteiger partial charge in [0.15, 0.2) is 0 Å². The Hall–Kier alpha value is -3.02. The monoisotopic (exact) mass is 383 g/mol. The van der Waals surface area contributed by atoms with Gasteiger partial charge >= 0.3 is 0 Å². The second-order valence-corrected chi connectivity index (χ2v) is 6.44. The highest BCUT2D eigenvalue weighted by molar-refractivity contribution is 5.98. The molecule has 0 aromatic heterocycles. The third-order valence-electron chi connectivity index (χ3n) is 4.03. The van der Waals surface area contributed by atoms with Crippen molar-refractivity contribution in [2.75, 3.05) is 30.3 Å². The van der Waals surface area contributed by atoms with Crippen LogP contribution in [0.2, 0.25) is 0 Å². The molecule has 2 aromatic carbocycles. The molecule has 0 saturated carbocycles. The van der Waals surface area contributed by atoms with Crippen LogP contribution in [0, 0.1) is 0 Å². The molecule has 0 aliphatic carbocycles. The summed E-state index contributed by atoms with van der Waals surface area (Å²) >= 11 is 0. The van der Waals surface area contributed by atoms with Gasteiger partial charge in [-0.1, -0.05) is 38.5 Å². The minimum absolute atomic E-state index is 0.0976. The Labute approximate surface area is 166 Å². The molecule has 0 aliphatic heterocycles. The zero-order valence-corrected chi connectivity index (χ0v) is 16.6. The van der Waals surface area contributed by atoms with Gasteiger partial charge in [-0.2, -0.15) is 0 Å². The highest BCUT2D eigenvalue weighted by Gasteiger charge is 2.09. The Kier molecular flexibility index (Phi) is 8.85. The quantitative estimate of drug-likeness (QED) is 0.511. The second-order valence-electron chi connectivity index (χ2n) is 6.44. The molecule has 0 fully saturated rings. The van der Waals surface area contributed by atoms with Crippen molar-refractivity contribution in [3.8, 4) is 5.75 Å². The predicted molar refractivity (Wildman–Crippen MR) is 113 cm³/mol. The molecule has 0 aliphatic rings. The van der Waals surface area contributed by atoms with E-state index in [-0.39, 0.29) is 18.4 Å². The van der Waals surface area contributed by atoms with Gasteiger partial charge in [-0.25, -0.2) is 0 Å². The number of hydrogen-bond donors (Lipinski definition) is 3. The second kappa shape index (κ2) is 11.6. The molecule has 0 heterocycles. The van der Waals surface area contributed by atoms with Crippen molar-refractivity contribution in [1.29, 1.82) is 0 Å². The van der Waals surface area contributed by atoms with Crippen molar-refractivity contribution in [2.45, 2.75) is 33.1 Å². The number of ether oxygens (including phenoxy) is 1. The molecule has 3 N–H and O–H groups in total.